The summed E-state index contributed by atoms with van der Waals surface area (Å²) >= 11 is 1.76. The molecule has 0 atom stereocenters. The summed E-state index contributed by atoms with van der Waals surface area (Å²) in [5.41, 5.74) is 2.96. The Hall–Kier alpha value is -1.19. The lowest BCUT2D eigenvalue weighted by atomic mass is 10.00. The molecule has 1 aromatic carbocycles. The van der Waals surface area contributed by atoms with Gasteiger partial charge in [0.25, 0.3) is 0 Å². The number of nitrogens with one attached hydrogen (secondary N) is 2. The molecule has 0 unspecified atom stereocenters. The van der Waals surface area contributed by atoms with Crippen LogP contribution in [0.2, 0.25) is 0 Å². The number of thiazole rings is 1. The molecule has 1 aromatic heterocycles. The van der Waals surface area contributed by atoms with E-state index in [9.17, 15) is 0 Å². The van der Waals surface area contributed by atoms with Crippen LogP contribution in [0.15, 0.2) is 35.5 Å². The Morgan fingerprint density at radius 3 is 2.81 bits per heavy atom. The van der Waals surface area contributed by atoms with E-state index in [0.717, 1.165) is 56.5 Å². The molecular formula is C19H28IN5S. The van der Waals surface area contributed by atoms with Gasteiger partial charge in [-0.2, -0.15) is 0 Å². The Morgan fingerprint density at radius 2 is 2.08 bits per heavy atom. The second-order valence-electron chi connectivity index (χ2n) is 6.22. The molecule has 5 nitrogen and oxygen atoms in total. The van der Waals surface area contributed by atoms with Gasteiger partial charge in [0.2, 0.25) is 0 Å². The summed E-state index contributed by atoms with van der Waals surface area (Å²) in [5, 5.41) is 7.85. The predicted molar refractivity (Wildman–Crippen MR) is 121 cm³/mol. The number of nitrogens with zero attached hydrogens (tertiary/aromatic N) is 3. The van der Waals surface area contributed by atoms with Crippen LogP contribution in [0.5, 0.6) is 0 Å². The van der Waals surface area contributed by atoms with Crippen LogP contribution in [0.1, 0.15) is 27.9 Å². The Kier molecular flexibility index (Phi) is 8.80. The van der Waals surface area contributed by atoms with Gasteiger partial charge in [-0.1, -0.05) is 31.2 Å². The minimum atomic E-state index is 0. The van der Waals surface area contributed by atoms with Gasteiger partial charge in [0, 0.05) is 44.3 Å². The largest absolute Gasteiger partial charge is 0.355 e. The number of aryl methyl sites for hydroxylation is 1. The smallest absolute Gasteiger partial charge is 0.191 e. The van der Waals surface area contributed by atoms with Gasteiger partial charge in [0.1, 0.15) is 5.01 Å². The van der Waals surface area contributed by atoms with Crippen molar-refractivity contribution in [1.29, 1.82) is 0 Å². The van der Waals surface area contributed by atoms with Crippen molar-refractivity contribution in [1.82, 2.24) is 20.5 Å². The van der Waals surface area contributed by atoms with Gasteiger partial charge >= 0.3 is 0 Å². The standard InChI is InChI=1S/C19H27N5S.HI/c1-3-17-12-22-18(25-17)13-23-19(20-2)21-9-11-24-10-8-15-6-4-5-7-16(15)14-24;/h4-7,12H,3,8-11,13-14H2,1-2H3,(H2,20,21,23);1H. The number of rotatable bonds is 6. The van der Waals surface area contributed by atoms with Crippen LogP contribution in [-0.2, 0) is 25.9 Å². The third kappa shape index (κ3) is 5.92. The van der Waals surface area contributed by atoms with Crippen LogP contribution >= 0.6 is 35.3 Å². The molecule has 0 amide bonds. The number of fused-ring (bicyclic) bond motifs is 1. The van der Waals surface area contributed by atoms with Crippen molar-refractivity contribution >= 4 is 41.3 Å². The lowest BCUT2D eigenvalue weighted by Gasteiger charge is -2.28. The van der Waals surface area contributed by atoms with Gasteiger partial charge in [-0.15, -0.1) is 35.3 Å². The van der Waals surface area contributed by atoms with Crippen molar-refractivity contribution in [3.05, 3.63) is 51.5 Å². The van der Waals surface area contributed by atoms with E-state index in [1.165, 1.54) is 16.0 Å². The Bertz CT molecular complexity index is 715. The zero-order valence-electron chi connectivity index (χ0n) is 15.5. The number of aromatic nitrogens is 1. The van der Waals surface area contributed by atoms with E-state index in [0.29, 0.717) is 0 Å². The third-order valence-corrected chi connectivity index (χ3v) is 5.65. The first-order valence-corrected chi connectivity index (χ1v) is 9.77. The molecule has 0 spiro atoms. The summed E-state index contributed by atoms with van der Waals surface area (Å²) in [5.74, 6) is 0.839. The number of hydrogen-bond acceptors (Lipinski definition) is 4. The van der Waals surface area contributed by atoms with E-state index < -0.39 is 0 Å². The molecule has 0 saturated heterocycles. The van der Waals surface area contributed by atoms with Gasteiger partial charge in [-0.05, 0) is 24.0 Å². The molecule has 26 heavy (non-hydrogen) atoms. The SMILES string of the molecule is CCc1cnc(CNC(=NC)NCCN2CCc3ccccc3C2)s1.I. The van der Waals surface area contributed by atoms with Gasteiger partial charge in [0.15, 0.2) is 5.96 Å². The topological polar surface area (TPSA) is 52.6 Å². The molecule has 142 valence electrons. The maximum absolute atomic E-state index is 4.43. The van der Waals surface area contributed by atoms with Crippen LogP contribution in [0, 0.1) is 0 Å². The molecule has 7 heteroatoms. The minimum absolute atomic E-state index is 0. The second kappa shape index (κ2) is 10.8. The Balaban J connectivity index is 0.00000243. The second-order valence-corrected chi connectivity index (χ2v) is 7.42. The van der Waals surface area contributed by atoms with Crippen molar-refractivity contribution in [3.8, 4) is 0 Å². The molecule has 2 aromatic rings. The number of guanidine groups is 1. The number of halogens is 1. The summed E-state index contributed by atoms with van der Waals surface area (Å²) in [6, 6.07) is 8.76. The molecule has 0 aliphatic carbocycles. The summed E-state index contributed by atoms with van der Waals surface area (Å²) in [6.45, 7) is 6.96. The zero-order valence-corrected chi connectivity index (χ0v) is 18.6. The fraction of sp³-hybridized carbons (Fsp3) is 0.474. The quantitative estimate of drug-likeness (QED) is 0.375. The zero-order chi connectivity index (χ0) is 17.5. The molecule has 0 bridgehead atoms. The monoisotopic (exact) mass is 485 g/mol. The van der Waals surface area contributed by atoms with Gasteiger partial charge in [-0.3, -0.25) is 9.89 Å². The molecule has 0 saturated carbocycles. The van der Waals surface area contributed by atoms with E-state index in [-0.39, 0.29) is 24.0 Å². The van der Waals surface area contributed by atoms with E-state index in [2.05, 4.69) is 56.7 Å². The van der Waals surface area contributed by atoms with Crippen molar-refractivity contribution in [2.24, 2.45) is 4.99 Å². The molecule has 2 heterocycles. The fourth-order valence-electron chi connectivity index (χ4n) is 3.05. The molecule has 0 radical (unpaired) electrons. The van der Waals surface area contributed by atoms with Crippen molar-refractivity contribution in [2.45, 2.75) is 32.9 Å². The van der Waals surface area contributed by atoms with Gasteiger partial charge < -0.3 is 10.6 Å². The average Bonchev–Trinajstić information content (AvgIpc) is 3.12. The summed E-state index contributed by atoms with van der Waals surface area (Å²) in [7, 11) is 1.81. The Labute approximate surface area is 177 Å². The number of hydrogen-bond donors (Lipinski definition) is 2. The van der Waals surface area contributed by atoms with Crippen molar-refractivity contribution < 1.29 is 0 Å². The molecule has 1 aliphatic heterocycles. The third-order valence-electron chi connectivity index (χ3n) is 4.51. The van der Waals surface area contributed by atoms with E-state index >= 15 is 0 Å². The first-order chi connectivity index (χ1) is 12.3. The van der Waals surface area contributed by atoms with Crippen LogP contribution in [0.3, 0.4) is 0 Å². The molecular weight excluding hydrogens is 457 g/mol. The highest BCUT2D eigenvalue weighted by atomic mass is 127. The van der Waals surface area contributed by atoms with Gasteiger partial charge in [0.05, 0.1) is 6.54 Å². The highest BCUT2D eigenvalue weighted by Crippen LogP contribution is 2.17. The molecule has 2 N–H and O–H groups in total. The highest BCUT2D eigenvalue weighted by Gasteiger charge is 2.15. The lowest BCUT2D eigenvalue weighted by molar-refractivity contribution is 0.258. The van der Waals surface area contributed by atoms with Crippen LogP contribution < -0.4 is 10.6 Å². The maximum Gasteiger partial charge on any atom is 0.191 e. The normalized spacial score (nSPS) is 14.5. The predicted octanol–water partition coefficient (Wildman–Crippen LogP) is 3.05. The van der Waals surface area contributed by atoms with E-state index in [4.69, 9.17) is 0 Å². The van der Waals surface area contributed by atoms with E-state index in [1.54, 1.807) is 11.3 Å². The summed E-state index contributed by atoms with van der Waals surface area (Å²) in [4.78, 5) is 12.6. The molecule has 3 rings (SSSR count). The minimum Gasteiger partial charge on any atom is -0.355 e. The lowest BCUT2D eigenvalue weighted by Crippen LogP contribution is -2.42. The van der Waals surface area contributed by atoms with Crippen LogP contribution in [0.25, 0.3) is 0 Å². The fourth-order valence-corrected chi connectivity index (χ4v) is 3.85. The van der Waals surface area contributed by atoms with E-state index in [1.807, 2.05) is 13.2 Å². The average molecular weight is 485 g/mol. The van der Waals surface area contributed by atoms with Crippen molar-refractivity contribution in [3.63, 3.8) is 0 Å². The van der Waals surface area contributed by atoms with Gasteiger partial charge in [-0.25, -0.2) is 4.98 Å². The number of aliphatic imine (C=N–C) groups is 1. The highest BCUT2D eigenvalue weighted by molar-refractivity contribution is 14.0. The number of benzene rings is 1. The molecule has 0 fully saturated rings. The van der Waals surface area contributed by atoms with Crippen LogP contribution in [0.4, 0.5) is 0 Å². The molecule has 1 aliphatic rings. The first-order valence-electron chi connectivity index (χ1n) is 8.95. The summed E-state index contributed by atoms with van der Waals surface area (Å²) in [6.07, 6.45) is 4.16. The maximum atomic E-state index is 4.43. The Morgan fingerprint density at radius 1 is 1.27 bits per heavy atom. The van der Waals surface area contributed by atoms with Crippen molar-refractivity contribution in [2.75, 3.05) is 26.7 Å². The first kappa shape index (κ1) is 21.1. The van der Waals surface area contributed by atoms with Crippen LogP contribution in [-0.4, -0.2) is 42.5 Å². The summed E-state index contributed by atoms with van der Waals surface area (Å²) < 4.78 is 0.